The number of aliphatic hydroxyl groups is 1. The predicted octanol–water partition coefficient (Wildman–Crippen LogP) is 4.71. The number of nitrogens with zero attached hydrogens (tertiary/aromatic N) is 2. The summed E-state index contributed by atoms with van der Waals surface area (Å²) < 4.78 is 41.0. The standard InChI is InChI=1S/C20H18ClF3N2O2/c1-3-13-5-8-14(9-6-13)17-11-19(28,20(22,23)24)26(25-17)18(27)15-7-4-12(2)16(21)10-15/h4-10,28H,3,11H2,1-2H3/t19-/m0/s1. The maximum Gasteiger partial charge on any atom is 0.438 e. The second-order valence-electron chi connectivity index (χ2n) is 6.67. The van der Waals surface area contributed by atoms with Gasteiger partial charge in [0.1, 0.15) is 0 Å². The van der Waals surface area contributed by atoms with E-state index < -0.39 is 24.2 Å². The Balaban J connectivity index is 2.03. The number of alkyl halides is 3. The molecule has 1 atom stereocenters. The molecule has 0 fully saturated rings. The van der Waals surface area contributed by atoms with E-state index >= 15 is 0 Å². The van der Waals surface area contributed by atoms with Gasteiger partial charge in [-0.1, -0.05) is 48.9 Å². The van der Waals surface area contributed by atoms with Crippen molar-refractivity contribution in [3.63, 3.8) is 0 Å². The fraction of sp³-hybridized carbons (Fsp3) is 0.300. The number of hydrogen-bond acceptors (Lipinski definition) is 3. The Morgan fingerprint density at radius 3 is 2.43 bits per heavy atom. The molecule has 0 saturated heterocycles. The lowest BCUT2D eigenvalue weighted by Gasteiger charge is -2.32. The molecule has 1 heterocycles. The molecule has 0 aromatic heterocycles. The van der Waals surface area contributed by atoms with Crippen LogP contribution in [-0.4, -0.2) is 33.6 Å². The van der Waals surface area contributed by atoms with Gasteiger partial charge in [-0.05, 0) is 42.2 Å². The van der Waals surface area contributed by atoms with E-state index in [4.69, 9.17) is 11.6 Å². The normalized spacial score (nSPS) is 19.7. The Bertz CT molecular complexity index is 941. The summed E-state index contributed by atoms with van der Waals surface area (Å²) in [4.78, 5) is 12.8. The Kier molecular flexibility index (Phi) is 5.25. The van der Waals surface area contributed by atoms with E-state index in [1.807, 2.05) is 6.92 Å². The highest BCUT2D eigenvalue weighted by Gasteiger charge is 2.63. The van der Waals surface area contributed by atoms with Gasteiger partial charge in [0.15, 0.2) is 0 Å². The number of rotatable bonds is 3. The molecule has 4 nitrogen and oxygen atoms in total. The minimum Gasteiger partial charge on any atom is -0.362 e. The van der Waals surface area contributed by atoms with Crippen molar-refractivity contribution in [3.8, 4) is 0 Å². The van der Waals surface area contributed by atoms with E-state index in [1.165, 1.54) is 18.2 Å². The smallest absolute Gasteiger partial charge is 0.362 e. The average molecular weight is 411 g/mol. The molecule has 0 unspecified atom stereocenters. The second-order valence-corrected chi connectivity index (χ2v) is 7.08. The monoisotopic (exact) mass is 410 g/mol. The molecule has 3 rings (SSSR count). The van der Waals surface area contributed by atoms with E-state index in [0.29, 0.717) is 11.1 Å². The Morgan fingerprint density at radius 2 is 1.89 bits per heavy atom. The Labute approximate surface area is 165 Å². The van der Waals surface area contributed by atoms with Gasteiger partial charge in [0, 0.05) is 10.6 Å². The van der Waals surface area contributed by atoms with Gasteiger partial charge < -0.3 is 5.11 Å². The van der Waals surface area contributed by atoms with Gasteiger partial charge in [-0.25, -0.2) is 0 Å². The third-order valence-corrected chi connectivity index (χ3v) is 5.15. The maximum absolute atomic E-state index is 13.7. The number of hydrogen-bond donors (Lipinski definition) is 1. The van der Waals surface area contributed by atoms with Crippen molar-refractivity contribution in [2.24, 2.45) is 5.10 Å². The molecule has 1 aliphatic heterocycles. The van der Waals surface area contributed by atoms with Crippen LogP contribution >= 0.6 is 11.6 Å². The summed E-state index contributed by atoms with van der Waals surface area (Å²) in [7, 11) is 0. The van der Waals surface area contributed by atoms with Crippen LogP contribution < -0.4 is 0 Å². The van der Waals surface area contributed by atoms with Crippen LogP contribution in [0.2, 0.25) is 5.02 Å². The van der Waals surface area contributed by atoms with E-state index in [1.54, 1.807) is 31.2 Å². The van der Waals surface area contributed by atoms with Crippen LogP contribution in [0.3, 0.4) is 0 Å². The summed E-state index contributed by atoms with van der Waals surface area (Å²) in [6.45, 7) is 3.66. The van der Waals surface area contributed by atoms with Crippen LogP contribution in [0.15, 0.2) is 47.6 Å². The fourth-order valence-electron chi connectivity index (χ4n) is 2.92. The number of aryl methyl sites for hydroxylation is 2. The van der Waals surface area contributed by atoms with Crippen LogP contribution in [0, 0.1) is 6.92 Å². The van der Waals surface area contributed by atoms with Gasteiger partial charge in [-0.15, -0.1) is 0 Å². The lowest BCUT2D eigenvalue weighted by atomic mass is 9.99. The van der Waals surface area contributed by atoms with E-state index in [2.05, 4.69) is 5.10 Å². The number of amides is 1. The third-order valence-electron chi connectivity index (χ3n) is 4.75. The SMILES string of the molecule is CCc1ccc(C2=NN(C(=O)c3ccc(C)c(Cl)c3)[C@@](O)(C(F)(F)F)C2)cc1. The molecule has 0 saturated carbocycles. The molecule has 0 bridgehead atoms. The molecular formula is C20H18ClF3N2O2. The molecule has 1 N–H and O–H groups in total. The summed E-state index contributed by atoms with van der Waals surface area (Å²) in [5.41, 5.74) is -1.45. The quantitative estimate of drug-likeness (QED) is 0.796. The maximum atomic E-state index is 13.7. The Morgan fingerprint density at radius 1 is 1.25 bits per heavy atom. The molecule has 8 heteroatoms. The number of halogens is 4. The lowest BCUT2D eigenvalue weighted by molar-refractivity contribution is -0.297. The molecule has 148 valence electrons. The topological polar surface area (TPSA) is 52.9 Å². The first-order chi connectivity index (χ1) is 13.1. The number of carbonyl (C=O) groups is 1. The predicted molar refractivity (Wildman–Crippen MR) is 100 cm³/mol. The molecule has 0 spiro atoms. The molecule has 1 amide bonds. The largest absolute Gasteiger partial charge is 0.438 e. The van der Waals surface area contributed by atoms with Gasteiger partial charge in [0.25, 0.3) is 11.6 Å². The summed E-state index contributed by atoms with van der Waals surface area (Å²) in [6, 6.07) is 10.9. The molecule has 0 aliphatic carbocycles. The first-order valence-corrected chi connectivity index (χ1v) is 9.01. The average Bonchev–Trinajstić information content (AvgIpc) is 3.02. The first kappa shape index (κ1) is 20.4. The highest BCUT2D eigenvalue weighted by molar-refractivity contribution is 6.31. The van der Waals surface area contributed by atoms with Crippen LogP contribution in [0.25, 0.3) is 0 Å². The highest BCUT2D eigenvalue weighted by Crippen LogP contribution is 2.42. The van der Waals surface area contributed by atoms with E-state index in [-0.39, 0.29) is 21.3 Å². The van der Waals surface area contributed by atoms with Crippen molar-refractivity contribution in [3.05, 3.63) is 69.7 Å². The fourth-order valence-corrected chi connectivity index (χ4v) is 3.10. The van der Waals surface area contributed by atoms with Gasteiger partial charge in [-0.2, -0.15) is 23.3 Å². The second kappa shape index (κ2) is 7.22. The molecule has 0 radical (unpaired) electrons. The van der Waals surface area contributed by atoms with Crippen LogP contribution in [0.4, 0.5) is 13.2 Å². The van der Waals surface area contributed by atoms with Crippen molar-refractivity contribution >= 4 is 23.2 Å². The summed E-state index contributed by atoms with van der Waals surface area (Å²) in [6.07, 6.45) is -5.17. The van der Waals surface area contributed by atoms with Crippen molar-refractivity contribution in [2.45, 2.75) is 38.6 Å². The van der Waals surface area contributed by atoms with Gasteiger partial charge in [-0.3, -0.25) is 4.79 Å². The molecule has 2 aromatic rings. The van der Waals surface area contributed by atoms with Gasteiger partial charge in [0.05, 0.1) is 12.1 Å². The molecule has 2 aromatic carbocycles. The zero-order chi connectivity index (χ0) is 20.7. The number of hydrazone groups is 1. The van der Waals surface area contributed by atoms with Crippen LogP contribution in [0.1, 0.15) is 40.4 Å². The van der Waals surface area contributed by atoms with Crippen molar-refractivity contribution < 1.29 is 23.1 Å². The number of carbonyl (C=O) groups excluding carboxylic acids is 1. The van der Waals surface area contributed by atoms with Crippen LogP contribution in [-0.2, 0) is 6.42 Å². The van der Waals surface area contributed by atoms with Gasteiger partial charge in [0.2, 0.25) is 0 Å². The van der Waals surface area contributed by atoms with Crippen molar-refractivity contribution in [2.75, 3.05) is 0 Å². The third kappa shape index (κ3) is 3.52. The number of benzene rings is 2. The molecule has 1 aliphatic rings. The highest BCUT2D eigenvalue weighted by atomic mass is 35.5. The van der Waals surface area contributed by atoms with E-state index in [9.17, 15) is 23.1 Å². The Hall–Kier alpha value is -2.38. The molecular weight excluding hydrogens is 393 g/mol. The lowest BCUT2D eigenvalue weighted by Crippen LogP contribution is -2.56. The summed E-state index contributed by atoms with van der Waals surface area (Å²) >= 11 is 5.99. The van der Waals surface area contributed by atoms with Crippen molar-refractivity contribution in [1.82, 2.24) is 5.01 Å². The van der Waals surface area contributed by atoms with Crippen LogP contribution in [0.5, 0.6) is 0 Å². The van der Waals surface area contributed by atoms with Crippen molar-refractivity contribution in [1.29, 1.82) is 0 Å². The zero-order valence-electron chi connectivity index (χ0n) is 15.2. The first-order valence-electron chi connectivity index (χ1n) is 8.63. The summed E-state index contributed by atoms with van der Waals surface area (Å²) in [5, 5.41) is 14.6. The summed E-state index contributed by atoms with van der Waals surface area (Å²) in [5.74, 6) is -1.08. The van der Waals surface area contributed by atoms with E-state index in [0.717, 1.165) is 12.0 Å². The minimum absolute atomic E-state index is 0.0194. The van der Waals surface area contributed by atoms with Gasteiger partial charge >= 0.3 is 6.18 Å². The minimum atomic E-state index is -5.09. The zero-order valence-corrected chi connectivity index (χ0v) is 16.0. The molecule has 28 heavy (non-hydrogen) atoms.